The molecule has 0 aromatic rings. The minimum absolute atomic E-state index is 0. The topological polar surface area (TPSA) is 0 Å². The first-order valence-electron chi connectivity index (χ1n) is 0. The molecule has 0 aliphatic carbocycles. The summed E-state index contributed by atoms with van der Waals surface area (Å²) in [5.41, 5.74) is 0. The molecule has 0 saturated carbocycles. The molecule has 0 nitrogen and oxygen atoms in total. The quantitative estimate of drug-likeness (QED) is 0.351. The molecule has 0 fully saturated rings. The van der Waals surface area contributed by atoms with E-state index in [9.17, 15) is 0 Å². The summed E-state index contributed by atoms with van der Waals surface area (Å²) in [6, 6.07) is 0. The van der Waals surface area contributed by atoms with Crippen LogP contribution in [0.2, 0.25) is 0 Å². The van der Waals surface area contributed by atoms with E-state index in [1.807, 2.05) is 0 Å². The minimum atomic E-state index is 0. The standard InChI is InChI=1S/5BrH.Li/h5*1H;/q;;;;;+1/p-5. The minimum Gasteiger partial charge on any atom is -1.00 e. The fraction of sp³-hybridized carbons (Fsp3) is 0. The predicted molar refractivity (Wildman–Crippen MR) is 0 cm³/mol. The summed E-state index contributed by atoms with van der Waals surface area (Å²) >= 11 is 0. The molecule has 0 amide bonds. The molecular formula is Br5Li-4. The number of halogens is 5. The molecule has 0 atom stereocenters. The van der Waals surface area contributed by atoms with Gasteiger partial charge in [-0.05, 0) is 0 Å². The maximum atomic E-state index is 0. The van der Waals surface area contributed by atoms with E-state index in [2.05, 4.69) is 0 Å². The van der Waals surface area contributed by atoms with Crippen LogP contribution in [0.4, 0.5) is 0 Å². The van der Waals surface area contributed by atoms with Crippen LogP contribution in [-0.2, 0) is 0 Å². The average Bonchev–Trinajstić information content (AvgIpc) is 0. The Hall–Kier alpha value is 3.00. The molecule has 0 rings (SSSR count). The number of rotatable bonds is 0. The van der Waals surface area contributed by atoms with Crippen molar-refractivity contribution in [2.24, 2.45) is 0 Å². The third-order valence-electron chi connectivity index (χ3n) is 0. The summed E-state index contributed by atoms with van der Waals surface area (Å²) < 4.78 is 0. The molecule has 0 spiro atoms. The van der Waals surface area contributed by atoms with Crippen molar-refractivity contribution in [1.82, 2.24) is 0 Å². The Bertz CT molecular complexity index is 3.90. The molecular weight excluding hydrogens is 406 g/mol. The van der Waals surface area contributed by atoms with Crippen LogP contribution in [0.5, 0.6) is 0 Å². The monoisotopic (exact) mass is 402 g/mol. The normalized spacial score (nSPS) is 0. The SMILES string of the molecule is [Br-].[Br-].[Br-].[Br-].[Br-].[Li+]. The first kappa shape index (κ1) is 64.1. The van der Waals surface area contributed by atoms with Crippen LogP contribution in [0.25, 0.3) is 0 Å². The smallest absolute Gasteiger partial charge is 1.00 e. The van der Waals surface area contributed by atoms with Gasteiger partial charge in [-0.1, -0.05) is 0 Å². The van der Waals surface area contributed by atoms with E-state index >= 15 is 0 Å². The second-order valence-electron chi connectivity index (χ2n) is 0. The Morgan fingerprint density at radius 1 is 0.333 bits per heavy atom. The number of hydrogen-bond acceptors (Lipinski definition) is 0. The van der Waals surface area contributed by atoms with Gasteiger partial charge in [-0.25, -0.2) is 0 Å². The molecule has 0 N–H and O–H groups in total. The van der Waals surface area contributed by atoms with Crippen LogP contribution in [-0.4, -0.2) is 0 Å². The van der Waals surface area contributed by atoms with E-state index in [1.165, 1.54) is 0 Å². The van der Waals surface area contributed by atoms with Crippen molar-refractivity contribution >= 4 is 0 Å². The second kappa shape index (κ2) is 43.6. The maximum Gasteiger partial charge on any atom is 1.00 e. The van der Waals surface area contributed by atoms with E-state index in [0.717, 1.165) is 0 Å². The zero-order valence-corrected chi connectivity index (χ0v) is 10.8. The van der Waals surface area contributed by atoms with E-state index in [0.29, 0.717) is 0 Å². The van der Waals surface area contributed by atoms with Crippen LogP contribution < -0.4 is 104 Å². The Morgan fingerprint density at radius 2 is 0.333 bits per heavy atom. The summed E-state index contributed by atoms with van der Waals surface area (Å²) in [5.74, 6) is 0. The van der Waals surface area contributed by atoms with Gasteiger partial charge in [0.2, 0.25) is 0 Å². The molecule has 0 saturated heterocycles. The molecule has 0 aromatic heterocycles. The summed E-state index contributed by atoms with van der Waals surface area (Å²) in [6.07, 6.45) is 0. The van der Waals surface area contributed by atoms with Crippen molar-refractivity contribution in [2.45, 2.75) is 0 Å². The van der Waals surface area contributed by atoms with Crippen LogP contribution in [0.3, 0.4) is 0 Å². The van der Waals surface area contributed by atoms with E-state index in [4.69, 9.17) is 0 Å². The molecule has 0 unspecified atom stereocenters. The third-order valence-corrected chi connectivity index (χ3v) is 0. The molecule has 6 heteroatoms. The van der Waals surface area contributed by atoms with Crippen molar-refractivity contribution in [3.05, 3.63) is 0 Å². The zero-order chi connectivity index (χ0) is 0. The van der Waals surface area contributed by atoms with E-state index in [1.54, 1.807) is 0 Å². The predicted octanol–water partition coefficient (Wildman–Crippen LogP) is -18.0. The molecule has 0 aromatic carbocycles. The molecule has 0 aliphatic rings. The Kier molecular flexibility index (Phi) is 465. The van der Waals surface area contributed by atoms with Gasteiger partial charge in [0.25, 0.3) is 0 Å². The van der Waals surface area contributed by atoms with Crippen molar-refractivity contribution in [2.75, 3.05) is 0 Å². The van der Waals surface area contributed by atoms with Gasteiger partial charge < -0.3 is 84.9 Å². The van der Waals surface area contributed by atoms with Gasteiger partial charge in [-0.3, -0.25) is 0 Å². The summed E-state index contributed by atoms with van der Waals surface area (Å²) in [4.78, 5) is 0. The number of hydrogen-bond donors (Lipinski definition) is 0. The van der Waals surface area contributed by atoms with Crippen LogP contribution >= 0.6 is 0 Å². The molecule has 40 valence electrons. The molecule has 0 heterocycles. The van der Waals surface area contributed by atoms with Gasteiger partial charge in [-0.15, -0.1) is 0 Å². The van der Waals surface area contributed by atoms with Crippen molar-refractivity contribution in [3.63, 3.8) is 0 Å². The maximum absolute atomic E-state index is 0. The third kappa shape index (κ3) is 28.0. The molecule has 0 aliphatic heterocycles. The van der Waals surface area contributed by atoms with Crippen LogP contribution in [0.1, 0.15) is 0 Å². The van der Waals surface area contributed by atoms with Crippen molar-refractivity contribution < 1.29 is 104 Å². The first-order valence-corrected chi connectivity index (χ1v) is 0. The largest absolute Gasteiger partial charge is 1.00 e. The first-order chi connectivity index (χ1) is 0. The van der Waals surface area contributed by atoms with Crippen molar-refractivity contribution in [3.8, 4) is 0 Å². The Labute approximate surface area is 102 Å². The van der Waals surface area contributed by atoms with Crippen LogP contribution in [0.15, 0.2) is 0 Å². The van der Waals surface area contributed by atoms with Crippen molar-refractivity contribution in [1.29, 1.82) is 0 Å². The van der Waals surface area contributed by atoms with E-state index < -0.39 is 0 Å². The van der Waals surface area contributed by atoms with Gasteiger partial charge in [-0.2, -0.15) is 0 Å². The van der Waals surface area contributed by atoms with Gasteiger partial charge in [0, 0.05) is 0 Å². The van der Waals surface area contributed by atoms with E-state index in [-0.39, 0.29) is 104 Å². The summed E-state index contributed by atoms with van der Waals surface area (Å²) in [7, 11) is 0. The molecule has 6 heavy (non-hydrogen) atoms. The average molecular weight is 406 g/mol. The summed E-state index contributed by atoms with van der Waals surface area (Å²) in [6.45, 7) is 0. The fourth-order valence-electron chi connectivity index (χ4n) is 0. The second-order valence-corrected chi connectivity index (χ2v) is 0. The zero-order valence-electron chi connectivity index (χ0n) is 2.89. The van der Waals surface area contributed by atoms with Gasteiger partial charge >= 0.3 is 18.9 Å². The fourth-order valence-corrected chi connectivity index (χ4v) is 0. The molecule has 0 radical (unpaired) electrons. The Morgan fingerprint density at radius 3 is 0.333 bits per heavy atom. The van der Waals surface area contributed by atoms with Gasteiger partial charge in [0.15, 0.2) is 0 Å². The summed E-state index contributed by atoms with van der Waals surface area (Å²) in [5, 5.41) is 0. The molecule has 0 bridgehead atoms. The van der Waals surface area contributed by atoms with Crippen LogP contribution in [0, 0.1) is 0 Å². The van der Waals surface area contributed by atoms with Gasteiger partial charge in [0.1, 0.15) is 0 Å². The van der Waals surface area contributed by atoms with Gasteiger partial charge in [0.05, 0.1) is 0 Å². The Balaban J connectivity index is 0.